The van der Waals surface area contributed by atoms with Crippen molar-refractivity contribution in [2.45, 2.75) is 20.0 Å². The summed E-state index contributed by atoms with van der Waals surface area (Å²) in [5, 5.41) is 8.97. The molecule has 0 aliphatic rings. The smallest absolute Gasteiger partial charge is 0.292 e. The minimum Gasteiger partial charge on any atom is -0.393 e. The van der Waals surface area contributed by atoms with E-state index in [0.29, 0.717) is 0 Å². The number of rotatable bonds is 5. The summed E-state index contributed by atoms with van der Waals surface area (Å²) in [6.07, 6.45) is -0.871. The summed E-state index contributed by atoms with van der Waals surface area (Å²) < 4.78 is 28.5. The lowest BCUT2D eigenvalue weighted by Gasteiger charge is -2.13. The Labute approximate surface area is 81.8 Å². The van der Waals surface area contributed by atoms with Gasteiger partial charge in [-0.3, -0.25) is 14.2 Å². The Morgan fingerprint density at radius 1 is 1.50 bits per heavy atom. The number of carbonyl (C=O) groups is 1. The first kappa shape index (κ1) is 13.3. The number of amides is 1. The van der Waals surface area contributed by atoms with Gasteiger partial charge in [0.15, 0.2) is 0 Å². The molecule has 0 radical (unpaired) electrons. The molecule has 0 aromatic heterocycles. The van der Waals surface area contributed by atoms with Gasteiger partial charge in [-0.1, -0.05) is 6.92 Å². The summed E-state index contributed by atoms with van der Waals surface area (Å²) in [6, 6.07) is 0. The molecular weight excluding hydrogens is 214 g/mol. The Morgan fingerprint density at radius 3 is 2.36 bits per heavy atom. The van der Waals surface area contributed by atoms with E-state index >= 15 is 0 Å². The second-order valence-electron chi connectivity index (χ2n) is 2.84. The van der Waals surface area contributed by atoms with Crippen molar-refractivity contribution >= 4 is 16.0 Å². The van der Waals surface area contributed by atoms with Gasteiger partial charge in [0.1, 0.15) is 0 Å². The van der Waals surface area contributed by atoms with E-state index in [1.54, 1.807) is 5.48 Å². The number of nitrogens with one attached hydrogen (secondary N) is 1. The molecule has 0 rings (SSSR count). The van der Waals surface area contributed by atoms with E-state index in [1.165, 1.54) is 13.8 Å². The van der Waals surface area contributed by atoms with Gasteiger partial charge in [-0.05, 0) is 6.92 Å². The molecule has 0 aromatic carbocycles. The Hall–Kier alpha value is -0.700. The molecule has 7 nitrogen and oxygen atoms in total. The van der Waals surface area contributed by atoms with Crippen LogP contribution in [0, 0.1) is 5.92 Å². The summed E-state index contributed by atoms with van der Waals surface area (Å²) in [5.41, 5.74) is 1.78. The molecule has 0 unspecified atom stereocenters. The Kier molecular flexibility index (Phi) is 4.99. The van der Waals surface area contributed by atoms with Gasteiger partial charge in [-0.2, -0.15) is 8.42 Å². The Bertz CT molecular complexity index is 285. The fourth-order valence-corrected chi connectivity index (χ4v) is 0.695. The summed E-state index contributed by atoms with van der Waals surface area (Å²) in [6.45, 7) is 2.85. The van der Waals surface area contributed by atoms with Crippen LogP contribution >= 0.6 is 0 Å². The van der Waals surface area contributed by atoms with Crippen molar-refractivity contribution in [2.24, 2.45) is 5.92 Å². The van der Waals surface area contributed by atoms with Crippen molar-refractivity contribution < 1.29 is 27.7 Å². The van der Waals surface area contributed by atoms with Crippen molar-refractivity contribution in [3.05, 3.63) is 0 Å². The molecule has 0 spiro atoms. The van der Waals surface area contributed by atoms with Gasteiger partial charge in [0, 0.05) is 0 Å². The van der Waals surface area contributed by atoms with Crippen LogP contribution in [0.5, 0.6) is 0 Å². The zero-order valence-electron chi connectivity index (χ0n) is 7.80. The second-order valence-corrected chi connectivity index (χ2v) is 4.24. The molecule has 0 saturated carbocycles. The minimum atomic E-state index is -4.27. The number of hydroxylamine groups is 1. The number of carbonyl (C=O) groups excluding carboxylic acids is 1. The Morgan fingerprint density at radius 2 is 2.00 bits per heavy atom. The lowest BCUT2D eigenvalue weighted by Crippen LogP contribution is -2.35. The highest BCUT2D eigenvalue weighted by Gasteiger charge is 2.18. The van der Waals surface area contributed by atoms with Crippen LogP contribution in [0.15, 0.2) is 0 Å². The summed E-state index contributed by atoms with van der Waals surface area (Å²) >= 11 is 0. The van der Waals surface area contributed by atoms with E-state index in [9.17, 15) is 13.2 Å². The van der Waals surface area contributed by atoms with Crippen molar-refractivity contribution in [3.63, 3.8) is 0 Å². The first-order valence-corrected chi connectivity index (χ1v) is 5.40. The van der Waals surface area contributed by atoms with Gasteiger partial charge < -0.3 is 5.11 Å². The quantitative estimate of drug-likeness (QED) is 0.405. The van der Waals surface area contributed by atoms with Crippen molar-refractivity contribution in [3.8, 4) is 0 Å². The van der Waals surface area contributed by atoms with Crippen LogP contribution in [0.2, 0.25) is 0 Å². The zero-order valence-corrected chi connectivity index (χ0v) is 8.61. The van der Waals surface area contributed by atoms with Crippen molar-refractivity contribution in [1.82, 2.24) is 5.48 Å². The average molecular weight is 227 g/mol. The third-order valence-electron chi connectivity index (χ3n) is 1.52. The van der Waals surface area contributed by atoms with Crippen LogP contribution in [-0.4, -0.2) is 36.0 Å². The molecule has 0 aliphatic carbocycles. The molecule has 3 N–H and O–H groups in total. The maximum Gasteiger partial charge on any atom is 0.292 e. The molecule has 0 aromatic rings. The number of aliphatic hydroxyl groups excluding tert-OH is 1. The molecule has 0 heterocycles. The molecule has 84 valence electrons. The lowest BCUT2D eigenvalue weighted by molar-refractivity contribution is -0.138. The van der Waals surface area contributed by atoms with Gasteiger partial charge in [-0.25, -0.2) is 5.48 Å². The molecule has 0 bridgehead atoms. The summed E-state index contributed by atoms with van der Waals surface area (Å²) in [4.78, 5) is 15.2. The molecule has 14 heavy (non-hydrogen) atoms. The fraction of sp³-hybridized carbons (Fsp3) is 0.833. The predicted octanol–water partition coefficient (Wildman–Crippen LogP) is -1.10. The van der Waals surface area contributed by atoms with Crippen LogP contribution in [0.4, 0.5) is 0 Å². The van der Waals surface area contributed by atoms with Gasteiger partial charge in [0.2, 0.25) is 11.8 Å². The fourth-order valence-electron chi connectivity index (χ4n) is 0.487. The van der Waals surface area contributed by atoms with Gasteiger partial charge >= 0.3 is 0 Å². The summed E-state index contributed by atoms with van der Waals surface area (Å²) in [7, 11) is -4.27. The van der Waals surface area contributed by atoms with E-state index < -0.39 is 34.0 Å². The third kappa shape index (κ3) is 5.86. The van der Waals surface area contributed by atoms with E-state index in [-0.39, 0.29) is 0 Å². The second kappa shape index (κ2) is 5.25. The van der Waals surface area contributed by atoms with Crippen LogP contribution < -0.4 is 5.48 Å². The first-order chi connectivity index (χ1) is 6.24. The SMILES string of the molecule is C[C@H](C(=O)NOCS(=O)(=O)O)[C@@H](C)O. The lowest BCUT2D eigenvalue weighted by atomic mass is 10.1. The largest absolute Gasteiger partial charge is 0.393 e. The zero-order chi connectivity index (χ0) is 11.4. The predicted molar refractivity (Wildman–Crippen MR) is 46.5 cm³/mol. The highest BCUT2D eigenvalue weighted by Crippen LogP contribution is 2.01. The molecule has 8 heteroatoms. The van der Waals surface area contributed by atoms with E-state index in [0.717, 1.165) is 0 Å². The highest BCUT2D eigenvalue weighted by atomic mass is 32.2. The first-order valence-electron chi connectivity index (χ1n) is 3.79. The standard InChI is InChI=1S/C6H13NO6S/c1-4(5(2)8)6(9)7-13-3-14(10,11)12/h4-5,8H,3H2,1-2H3,(H,7,9)(H,10,11,12)/t4-,5+/m0/s1. The van der Waals surface area contributed by atoms with Crippen LogP contribution in [-0.2, 0) is 19.8 Å². The topological polar surface area (TPSA) is 113 Å². The summed E-state index contributed by atoms with van der Waals surface area (Å²) in [5.74, 6) is -2.41. The molecule has 0 fully saturated rings. The minimum absolute atomic E-state index is 0.663. The average Bonchev–Trinajstić information content (AvgIpc) is 2.00. The van der Waals surface area contributed by atoms with Crippen molar-refractivity contribution in [2.75, 3.05) is 5.94 Å². The number of aliphatic hydroxyl groups is 1. The maximum absolute atomic E-state index is 11.0. The molecule has 0 saturated heterocycles. The monoisotopic (exact) mass is 227 g/mol. The molecular formula is C6H13NO6S. The van der Waals surface area contributed by atoms with Crippen molar-refractivity contribution in [1.29, 1.82) is 0 Å². The third-order valence-corrected chi connectivity index (χ3v) is 1.93. The number of hydrogen-bond acceptors (Lipinski definition) is 5. The van der Waals surface area contributed by atoms with E-state index in [1.807, 2.05) is 0 Å². The molecule has 2 atom stereocenters. The van der Waals surface area contributed by atoms with Gasteiger partial charge in [0.25, 0.3) is 10.1 Å². The number of hydrogen-bond donors (Lipinski definition) is 3. The van der Waals surface area contributed by atoms with Crippen LogP contribution in [0.1, 0.15) is 13.8 Å². The molecule has 0 aliphatic heterocycles. The van der Waals surface area contributed by atoms with Gasteiger partial charge in [-0.15, -0.1) is 0 Å². The Balaban J connectivity index is 3.87. The van der Waals surface area contributed by atoms with E-state index in [4.69, 9.17) is 9.66 Å². The van der Waals surface area contributed by atoms with Crippen LogP contribution in [0.25, 0.3) is 0 Å². The highest BCUT2D eigenvalue weighted by molar-refractivity contribution is 7.85. The maximum atomic E-state index is 11.0. The normalized spacial score (nSPS) is 16.0. The van der Waals surface area contributed by atoms with Crippen LogP contribution in [0.3, 0.4) is 0 Å². The van der Waals surface area contributed by atoms with E-state index in [2.05, 4.69) is 4.84 Å². The van der Waals surface area contributed by atoms with Gasteiger partial charge in [0.05, 0.1) is 12.0 Å². The molecule has 1 amide bonds.